The van der Waals surface area contributed by atoms with E-state index in [0.29, 0.717) is 13.0 Å². The first-order valence-corrected chi connectivity index (χ1v) is 5.30. The van der Waals surface area contributed by atoms with Crippen LogP contribution in [0.15, 0.2) is 0 Å². The van der Waals surface area contributed by atoms with Crippen molar-refractivity contribution in [1.82, 2.24) is 0 Å². The van der Waals surface area contributed by atoms with E-state index in [1.54, 1.807) is 6.92 Å². The molecule has 0 aromatic rings. The third-order valence-electron chi connectivity index (χ3n) is 1.22. The van der Waals surface area contributed by atoms with Crippen molar-refractivity contribution in [2.24, 2.45) is 0 Å². The highest BCUT2D eigenvalue weighted by Crippen LogP contribution is 2.55. The van der Waals surface area contributed by atoms with Crippen LogP contribution in [-0.4, -0.2) is 12.7 Å². The summed E-state index contributed by atoms with van der Waals surface area (Å²) in [6.45, 7) is 2.06. The Morgan fingerprint density at radius 3 is 3.00 bits per heavy atom. The van der Waals surface area contributed by atoms with Crippen LogP contribution >= 0.6 is 16.5 Å². The van der Waals surface area contributed by atoms with Crippen molar-refractivity contribution in [1.29, 1.82) is 0 Å². The normalized spacial score (nSPS) is 39.2. The van der Waals surface area contributed by atoms with E-state index in [1.807, 2.05) is 0 Å². The van der Waals surface area contributed by atoms with Crippen LogP contribution in [0, 0.1) is 0 Å². The molecule has 0 spiro atoms. The molecule has 1 aliphatic rings. The largest absolute Gasteiger partial charge is 0.485 e. The molecule has 0 aromatic heterocycles. The predicted molar refractivity (Wildman–Crippen MR) is 37.4 cm³/mol. The van der Waals surface area contributed by atoms with Crippen molar-refractivity contribution >= 4 is 16.5 Å². The Morgan fingerprint density at radius 2 is 2.45 bits per heavy atom. The van der Waals surface area contributed by atoms with E-state index in [2.05, 4.69) is 8.83 Å². The summed E-state index contributed by atoms with van der Waals surface area (Å²) in [5.74, 6) is 0. The maximum absolute atomic E-state index is 11.2. The van der Waals surface area contributed by atoms with Crippen LogP contribution < -0.4 is 0 Å². The van der Waals surface area contributed by atoms with Crippen molar-refractivity contribution < 1.29 is 22.5 Å². The molecule has 64 valence electrons. The molecule has 0 N–H and O–H groups in total. The minimum Gasteiger partial charge on any atom is -0.286 e. The van der Waals surface area contributed by atoms with Gasteiger partial charge in [0.2, 0.25) is 0 Å². The first-order valence-electron chi connectivity index (χ1n) is 3.11. The van der Waals surface area contributed by atoms with Crippen LogP contribution in [0.1, 0.15) is 13.3 Å². The summed E-state index contributed by atoms with van der Waals surface area (Å²) in [5.41, 5.74) is 0. The molecule has 2 atom stereocenters. The summed E-state index contributed by atoms with van der Waals surface area (Å²) in [7, 11) is -4.18. The molecule has 1 fully saturated rings. The number of phosphoric acid groups is 1. The molecule has 1 rings (SSSR count). The Kier molecular flexibility index (Phi) is 3.16. The van der Waals surface area contributed by atoms with Gasteiger partial charge in [0.15, 0.2) is 0 Å². The Bertz CT molecular complexity index is 193. The Labute approximate surface area is 65.9 Å². The van der Waals surface area contributed by atoms with E-state index < -0.39 is 16.5 Å². The average molecular weight is 198 g/mol. The minimum atomic E-state index is -3.49. The number of hydrogen-bond donors (Lipinski definition) is 0. The standard InChI is InChI=1S/C4H8O5P2/c1-4-2-3-7-11(6,8-4)9-10-5/h4H,2-3H2,1H3. The van der Waals surface area contributed by atoms with Gasteiger partial charge in [-0.1, -0.05) is 0 Å². The van der Waals surface area contributed by atoms with Crippen LogP contribution in [-0.2, 0) is 22.5 Å². The number of hydrogen-bond acceptors (Lipinski definition) is 5. The van der Waals surface area contributed by atoms with E-state index in [-0.39, 0.29) is 6.10 Å². The third kappa shape index (κ3) is 2.62. The fraction of sp³-hybridized carbons (Fsp3) is 1.00. The number of rotatable bonds is 2. The molecule has 2 unspecified atom stereocenters. The Morgan fingerprint density at radius 1 is 1.73 bits per heavy atom. The van der Waals surface area contributed by atoms with Gasteiger partial charge in [-0.05, 0) is 13.3 Å². The van der Waals surface area contributed by atoms with Crippen molar-refractivity contribution in [2.45, 2.75) is 19.4 Å². The smallest absolute Gasteiger partial charge is 0.286 e. The van der Waals surface area contributed by atoms with Gasteiger partial charge in [0, 0.05) is 0 Å². The van der Waals surface area contributed by atoms with Gasteiger partial charge < -0.3 is 0 Å². The molecule has 1 saturated heterocycles. The summed E-state index contributed by atoms with van der Waals surface area (Å²) in [6.07, 6.45) is 0.500. The predicted octanol–water partition coefficient (Wildman–Crippen LogP) is 2.14. The third-order valence-corrected chi connectivity index (χ3v) is 3.40. The van der Waals surface area contributed by atoms with Crippen molar-refractivity contribution in [3.63, 3.8) is 0 Å². The van der Waals surface area contributed by atoms with Gasteiger partial charge >= 0.3 is 16.5 Å². The van der Waals surface area contributed by atoms with Gasteiger partial charge in [-0.25, -0.2) is 9.13 Å². The van der Waals surface area contributed by atoms with Crippen molar-refractivity contribution in [2.75, 3.05) is 6.61 Å². The van der Waals surface area contributed by atoms with Gasteiger partial charge in [-0.3, -0.25) is 9.05 Å². The topological polar surface area (TPSA) is 61.8 Å². The lowest BCUT2D eigenvalue weighted by molar-refractivity contribution is 0.0632. The summed E-state index contributed by atoms with van der Waals surface area (Å²) < 4.78 is 34.9. The molecule has 0 aliphatic carbocycles. The second kappa shape index (κ2) is 3.74. The van der Waals surface area contributed by atoms with Gasteiger partial charge in [-0.2, -0.15) is 4.31 Å². The summed E-state index contributed by atoms with van der Waals surface area (Å²) in [6, 6.07) is 0. The van der Waals surface area contributed by atoms with E-state index in [9.17, 15) is 9.13 Å². The van der Waals surface area contributed by atoms with E-state index >= 15 is 0 Å². The van der Waals surface area contributed by atoms with Gasteiger partial charge in [-0.15, -0.1) is 0 Å². The zero-order chi connectivity index (χ0) is 8.32. The molecular formula is C4H8O5P2. The molecule has 1 aliphatic heterocycles. The zero-order valence-corrected chi connectivity index (χ0v) is 7.72. The van der Waals surface area contributed by atoms with E-state index in [0.717, 1.165) is 0 Å². The lowest BCUT2D eigenvalue weighted by atomic mass is 10.3. The highest BCUT2D eigenvalue weighted by atomic mass is 31.2. The fourth-order valence-corrected chi connectivity index (χ4v) is 2.32. The van der Waals surface area contributed by atoms with Crippen LogP contribution in [0.2, 0.25) is 0 Å². The maximum Gasteiger partial charge on any atom is 0.485 e. The minimum absolute atomic E-state index is 0.170. The van der Waals surface area contributed by atoms with Crippen LogP contribution in [0.4, 0.5) is 0 Å². The molecule has 0 bridgehead atoms. The molecule has 0 radical (unpaired) electrons. The lowest BCUT2D eigenvalue weighted by Gasteiger charge is -2.23. The molecule has 0 saturated carbocycles. The number of phosphoric ester groups is 1. The molecule has 7 heteroatoms. The second-order valence-electron chi connectivity index (χ2n) is 2.14. The van der Waals surface area contributed by atoms with E-state index in [1.165, 1.54) is 0 Å². The first-order chi connectivity index (χ1) is 5.16. The van der Waals surface area contributed by atoms with Gasteiger partial charge in [0.25, 0.3) is 0 Å². The van der Waals surface area contributed by atoms with Crippen LogP contribution in [0.25, 0.3) is 0 Å². The molecule has 5 nitrogen and oxygen atoms in total. The van der Waals surface area contributed by atoms with Crippen LogP contribution in [0.5, 0.6) is 0 Å². The quantitative estimate of drug-likeness (QED) is 0.636. The molecule has 0 amide bonds. The lowest BCUT2D eigenvalue weighted by Crippen LogP contribution is -2.16. The maximum atomic E-state index is 11.2. The van der Waals surface area contributed by atoms with Crippen molar-refractivity contribution in [3.8, 4) is 0 Å². The highest BCUT2D eigenvalue weighted by Gasteiger charge is 2.33. The SMILES string of the molecule is CC1CCOP(=O)(OP=O)O1. The van der Waals surface area contributed by atoms with Crippen molar-refractivity contribution in [3.05, 3.63) is 0 Å². The molecule has 11 heavy (non-hydrogen) atoms. The zero-order valence-electron chi connectivity index (χ0n) is 5.93. The van der Waals surface area contributed by atoms with E-state index in [4.69, 9.17) is 4.52 Å². The highest BCUT2D eigenvalue weighted by molar-refractivity contribution is 7.53. The monoisotopic (exact) mass is 198 g/mol. The van der Waals surface area contributed by atoms with Gasteiger partial charge in [0.05, 0.1) is 12.7 Å². The molecule has 0 aromatic carbocycles. The van der Waals surface area contributed by atoms with Gasteiger partial charge in [0.1, 0.15) is 0 Å². The molecular weight excluding hydrogens is 190 g/mol. The van der Waals surface area contributed by atoms with Crippen LogP contribution in [0.3, 0.4) is 0 Å². The average Bonchev–Trinajstić information content (AvgIpc) is 1.86. The fourth-order valence-electron chi connectivity index (χ4n) is 0.718. The summed E-state index contributed by atoms with van der Waals surface area (Å²) >= 11 is 0. The summed E-state index contributed by atoms with van der Waals surface area (Å²) in [4.78, 5) is 0. The summed E-state index contributed by atoms with van der Waals surface area (Å²) in [5, 5.41) is 0. The first kappa shape index (κ1) is 9.30. The molecule has 1 heterocycles. The second-order valence-corrected chi connectivity index (χ2v) is 4.31. The Hall–Kier alpha value is 0.210. The Balaban J connectivity index is 2.55.